The van der Waals surface area contributed by atoms with Gasteiger partial charge in [-0.05, 0) is 31.4 Å². The lowest BCUT2D eigenvalue weighted by molar-refractivity contribution is -0.143. The highest BCUT2D eigenvalue weighted by Crippen LogP contribution is 2.25. The van der Waals surface area contributed by atoms with Gasteiger partial charge >= 0.3 is 5.97 Å². The van der Waals surface area contributed by atoms with Crippen LogP contribution in [0.4, 0.5) is 8.78 Å². The molecule has 0 heterocycles. The number of amides is 1. The molecule has 2 unspecified atom stereocenters. The molecule has 1 aromatic rings. The van der Waals surface area contributed by atoms with Crippen LogP contribution in [0.15, 0.2) is 16.6 Å². The third-order valence-corrected chi connectivity index (χ3v) is 4.05. The molecule has 4 nitrogen and oxygen atoms in total. The molecule has 0 aliphatic heterocycles. The van der Waals surface area contributed by atoms with Crippen molar-refractivity contribution in [2.45, 2.75) is 31.7 Å². The lowest BCUT2D eigenvalue weighted by atomic mass is 9.85. The molecule has 1 amide bonds. The molecule has 2 rings (SSSR count). The fraction of sp³-hybridized carbons (Fsp3) is 0.429. The fourth-order valence-electron chi connectivity index (χ4n) is 2.56. The highest BCUT2D eigenvalue weighted by Gasteiger charge is 2.29. The van der Waals surface area contributed by atoms with Gasteiger partial charge in [0.25, 0.3) is 5.91 Å². The summed E-state index contributed by atoms with van der Waals surface area (Å²) in [6, 6.07) is 1.65. The molecule has 2 N–H and O–H groups in total. The maximum Gasteiger partial charge on any atom is 0.306 e. The third kappa shape index (κ3) is 3.78. The molecule has 1 saturated carbocycles. The van der Waals surface area contributed by atoms with E-state index in [0.29, 0.717) is 19.3 Å². The van der Waals surface area contributed by atoms with Gasteiger partial charge in [0.05, 0.1) is 5.92 Å². The number of carbonyl (C=O) groups excluding carboxylic acids is 1. The number of hydrogen-bond acceptors (Lipinski definition) is 2. The molecule has 21 heavy (non-hydrogen) atoms. The van der Waals surface area contributed by atoms with E-state index in [2.05, 4.69) is 21.2 Å². The van der Waals surface area contributed by atoms with Crippen LogP contribution < -0.4 is 5.32 Å². The van der Waals surface area contributed by atoms with E-state index < -0.39 is 35.0 Å². The van der Waals surface area contributed by atoms with Gasteiger partial charge in [-0.2, -0.15) is 0 Å². The minimum absolute atomic E-state index is 0.206. The number of hydrogen-bond donors (Lipinski definition) is 2. The van der Waals surface area contributed by atoms with E-state index in [1.54, 1.807) is 0 Å². The van der Waals surface area contributed by atoms with Gasteiger partial charge in [0, 0.05) is 10.5 Å². The molecule has 0 spiro atoms. The van der Waals surface area contributed by atoms with Crippen molar-refractivity contribution in [3.8, 4) is 0 Å². The molecule has 1 aliphatic carbocycles. The average molecular weight is 362 g/mol. The molecule has 0 aromatic heterocycles. The summed E-state index contributed by atoms with van der Waals surface area (Å²) in [4.78, 5) is 23.0. The van der Waals surface area contributed by atoms with Crippen molar-refractivity contribution in [2.75, 3.05) is 0 Å². The van der Waals surface area contributed by atoms with Crippen molar-refractivity contribution in [3.05, 3.63) is 33.8 Å². The van der Waals surface area contributed by atoms with Crippen LogP contribution >= 0.6 is 15.9 Å². The van der Waals surface area contributed by atoms with Crippen molar-refractivity contribution >= 4 is 27.8 Å². The van der Waals surface area contributed by atoms with E-state index in [-0.39, 0.29) is 16.9 Å². The molecule has 1 aliphatic rings. The second-order valence-electron chi connectivity index (χ2n) is 5.12. The highest BCUT2D eigenvalue weighted by atomic mass is 79.9. The van der Waals surface area contributed by atoms with Crippen molar-refractivity contribution < 1.29 is 23.5 Å². The van der Waals surface area contributed by atoms with Gasteiger partial charge in [0.1, 0.15) is 17.2 Å². The van der Waals surface area contributed by atoms with Crippen LogP contribution in [-0.2, 0) is 4.79 Å². The third-order valence-electron chi connectivity index (χ3n) is 3.59. The Bertz CT molecular complexity index is 556. The average Bonchev–Trinajstić information content (AvgIpc) is 2.37. The molecule has 1 fully saturated rings. The molecule has 0 saturated heterocycles. The number of nitrogens with one attached hydrogen (secondary N) is 1. The van der Waals surface area contributed by atoms with Crippen molar-refractivity contribution in [3.63, 3.8) is 0 Å². The van der Waals surface area contributed by atoms with E-state index in [9.17, 15) is 18.4 Å². The Morgan fingerprint density at radius 2 is 1.86 bits per heavy atom. The number of carbonyl (C=O) groups is 2. The Morgan fingerprint density at radius 3 is 2.43 bits per heavy atom. The second-order valence-corrected chi connectivity index (χ2v) is 6.03. The zero-order valence-electron chi connectivity index (χ0n) is 11.0. The van der Waals surface area contributed by atoms with Gasteiger partial charge in [0.15, 0.2) is 0 Å². The largest absolute Gasteiger partial charge is 0.481 e. The van der Waals surface area contributed by atoms with Crippen LogP contribution in [0.2, 0.25) is 0 Å². The lowest BCUT2D eigenvalue weighted by Gasteiger charge is -2.27. The molecule has 0 bridgehead atoms. The second kappa shape index (κ2) is 6.51. The summed E-state index contributed by atoms with van der Waals surface area (Å²) in [6.45, 7) is 0. The van der Waals surface area contributed by atoms with Crippen molar-refractivity contribution in [2.24, 2.45) is 5.92 Å². The summed E-state index contributed by atoms with van der Waals surface area (Å²) < 4.78 is 27.6. The number of halogens is 3. The first-order valence-corrected chi connectivity index (χ1v) is 7.36. The van der Waals surface area contributed by atoms with Crippen molar-refractivity contribution in [1.29, 1.82) is 0 Å². The van der Waals surface area contributed by atoms with Crippen LogP contribution in [0.1, 0.15) is 36.0 Å². The van der Waals surface area contributed by atoms with Crippen LogP contribution in [-0.4, -0.2) is 23.0 Å². The summed E-state index contributed by atoms with van der Waals surface area (Å²) in [6.07, 6.45) is 2.10. The van der Waals surface area contributed by atoms with E-state index in [0.717, 1.165) is 12.1 Å². The summed E-state index contributed by atoms with van der Waals surface area (Å²) in [7, 11) is 0. The number of carboxylic acids is 1. The van der Waals surface area contributed by atoms with Crippen molar-refractivity contribution in [1.82, 2.24) is 5.32 Å². The first-order valence-electron chi connectivity index (χ1n) is 6.56. The van der Waals surface area contributed by atoms with E-state index in [1.807, 2.05) is 0 Å². The van der Waals surface area contributed by atoms with Gasteiger partial charge in [-0.25, -0.2) is 8.78 Å². The van der Waals surface area contributed by atoms with E-state index in [1.165, 1.54) is 0 Å². The summed E-state index contributed by atoms with van der Waals surface area (Å²) in [5, 5.41) is 11.5. The molecule has 2 atom stereocenters. The zero-order chi connectivity index (χ0) is 15.6. The van der Waals surface area contributed by atoms with E-state index >= 15 is 0 Å². The number of carboxylic acid groups (broad SMARTS) is 1. The normalized spacial score (nSPS) is 21.9. The molecular weight excluding hydrogens is 348 g/mol. The smallest absolute Gasteiger partial charge is 0.306 e. The van der Waals surface area contributed by atoms with Gasteiger partial charge in [0.2, 0.25) is 0 Å². The predicted octanol–water partition coefficient (Wildman–Crippen LogP) is 3.10. The van der Waals surface area contributed by atoms with Crippen LogP contribution in [0, 0.1) is 17.6 Å². The summed E-state index contributed by atoms with van der Waals surface area (Å²) in [5.41, 5.74) is -0.643. The Morgan fingerprint density at radius 1 is 1.24 bits per heavy atom. The first-order chi connectivity index (χ1) is 9.88. The molecule has 1 aromatic carbocycles. The summed E-state index contributed by atoms with van der Waals surface area (Å²) in [5.74, 6) is -4.19. The SMILES string of the molecule is O=C(NC1CCCC(C(=O)O)C1)c1c(F)cc(Br)cc1F. The molecule has 0 radical (unpaired) electrons. The number of rotatable bonds is 3. The molecule has 7 heteroatoms. The quantitative estimate of drug-likeness (QED) is 0.869. The van der Waals surface area contributed by atoms with Gasteiger partial charge < -0.3 is 10.4 Å². The Labute approximate surface area is 128 Å². The molecular formula is C14H14BrF2NO3. The van der Waals surface area contributed by atoms with Gasteiger partial charge in [-0.3, -0.25) is 9.59 Å². The zero-order valence-corrected chi connectivity index (χ0v) is 12.6. The van der Waals surface area contributed by atoms with Crippen LogP contribution in [0.3, 0.4) is 0 Å². The Hall–Kier alpha value is -1.50. The lowest BCUT2D eigenvalue weighted by Crippen LogP contribution is -2.40. The van der Waals surface area contributed by atoms with E-state index in [4.69, 9.17) is 5.11 Å². The fourth-order valence-corrected chi connectivity index (χ4v) is 2.96. The number of aliphatic carboxylic acids is 1. The first kappa shape index (κ1) is 15.9. The van der Waals surface area contributed by atoms with Gasteiger partial charge in [-0.15, -0.1) is 0 Å². The monoisotopic (exact) mass is 361 g/mol. The predicted molar refractivity (Wildman–Crippen MR) is 74.9 cm³/mol. The van der Waals surface area contributed by atoms with Crippen LogP contribution in [0.5, 0.6) is 0 Å². The van der Waals surface area contributed by atoms with Crippen LogP contribution in [0.25, 0.3) is 0 Å². The van der Waals surface area contributed by atoms with Gasteiger partial charge in [-0.1, -0.05) is 22.4 Å². The standard InChI is InChI=1S/C14H14BrF2NO3/c15-8-5-10(16)12(11(17)6-8)13(19)18-9-3-1-2-7(4-9)14(20)21/h5-7,9H,1-4H2,(H,18,19)(H,20,21). The molecule has 114 valence electrons. The summed E-state index contributed by atoms with van der Waals surface area (Å²) >= 11 is 2.94. The Kier molecular flexibility index (Phi) is 4.92. The maximum absolute atomic E-state index is 13.7. The topological polar surface area (TPSA) is 66.4 Å². The Balaban J connectivity index is 2.10. The maximum atomic E-state index is 13.7. The minimum atomic E-state index is -0.954. The highest BCUT2D eigenvalue weighted by molar-refractivity contribution is 9.10. The minimum Gasteiger partial charge on any atom is -0.481 e. The number of benzene rings is 1.